The van der Waals surface area contributed by atoms with E-state index in [2.05, 4.69) is 5.32 Å². The Bertz CT molecular complexity index is 328. The number of carbonyl (C=O) groups excluding carboxylic acids is 1. The molecule has 88 valence electrons. The van der Waals surface area contributed by atoms with Gasteiger partial charge in [0.25, 0.3) is 0 Å². The summed E-state index contributed by atoms with van der Waals surface area (Å²) in [5, 5.41) is 3.05. The molecular weight excluding hydrogens is 202 g/mol. The van der Waals surface area contributed by atoms with E-state index < -0.39 is 5.60 Å². The number of rotatable bonds is 4. The first-order valence-electron chi connectivity index (χ1n) is 5.44. The van der Waals surface area contributed by atoms with Crippen LogP contribution in [0.25, 0.3) is 0 Å². The van der Waals surface area contributed by atoms with Crippen LogP contribution in [0.2, 0.25) is 0 Å². The van der Waals surface area contributed by atoms with E-state index >= 15 is 0 Å². The van der Waals surface area contributed by atoms with Gasteiger partial charge < -0.3 is 10.1 Å². The minimum absolute atomic E-state index is 0.219. The van der Waals surface area contributed by atoms with E-state index in [0.717, 1.165) is 5.56 Å². The summed E-state index contributed by atoms with van der Waals surface area (Å²) < 4.78 is 5.17. The summed E-state index contributed by atoms with van der Waals surface area (Å²) in [6.07, 6.45) is 0. The summed E-state index contributed by atoms with van der Waals surface area (Å²) in [6, 6.07) is 9.95. The van der Waals surface area contributed by atoms with E-state index in [4.69, 9.17) is 4.74 Å². The quantitative estimate of drug-likeness (QED) is 0.791. The van der Waals surface area contributed by atoms with Gasteiger partial charge in [-0.15, -0.1) is 0 Å². The van der Waals surface area contributed by atoms with Gasteiger partial charge in [-0.2, -0.15) is 0 Å². The summed E-state index contributed by atoms with van der Waals surface area (Å²) in [4.78, 5) is 11.4. The zero-order valence-electron chi connectivity index (χ0n) is 10.1. The van der Waals surface area contributed by atoms with Gasteiger partial charge in [-0.3, -0.25) is 4.79 Å². The second-order valence-corrected chi connectivity index (χ2v) is 4.68. The Balaban J connectivity index is 2.24. The molecule has 0 spiro atoms. The van der Waals surface area contributed by atoms with Crippen LogP contribution in [0, 0.1) is 0 Å². The largest absolute Gasteiger partial charge is 0.459 e. The van der Waals surface area contributed by atoms with Crippen LogP contribution in [-0.2, 0) is 16.1 Å². The molecule has 0 atom stereocenters. The van der Waals surface area contributed by atoms with Crippen molar-refractivity contribution >= 4 is 5.97 Å². The normalized spacial score (nSPS) is 11.2. The smallest absolute Gasteiger partial charge is 0.320 e. The summed E-state index contributed by atoms with van der Waals surface area (Å²) in [7, 11) is 0. The van der Waals surface area contributed by atoms with Crippen LogP contribution < -0.4 is 5.32 Å². The Morgan fingerprint density at radius 1 is 1.25 bits per heavy atom. The first kappa shape index (κ1) is 12.7. The predicted molar refractivity (Wildman–Crippen MR) is 64.0 cm³/mol. The van der Waals surface area contributed by atoms with Crippen LogP contribution in [-0.4, -0.2) is 18.1 Å². The third-order valence-corrected chi connectivity index (χ3v) is 1.86. The molecule has 0 bridgehead atoms. The molecule has 1 rings (SSSR count). The van der Waals surface area contributed by atoms with E-state index in [1.165, 1.54) is 0 Å². The highest BCUT2D eigenvalue weighted by molar-refractivity contribution is 5.72. The van der Waals surface area contributed by atoms with Crippen molar-refractivity contribution in [3.8, 4) is 0 Å². The molecule has 0 aliphatic carbocycles. The molecule has 1 N–H and O–H groups in total. The molecule has 0 aromatic heterocycles. The minimum Gasteiger partial charge on any atom is -0.459 e. The minimum atomic E-state index is -0.411. The molecule has 3 nitrogen and oxygen atoms in total. The fourth-order valence-corrected chi connectivity index (χ4v) is 1.28. The van der Waals surface area contributed by atoms with Crippen molar-refractivity contribution in [3.05, 3.63) is 35.9 Å². The molecule has 0 aliphatic heterocycles. The van der Waals surface area contributed by atoms with Crippen molar-refractivity contribution in [3.63, 3.8) is 0 Å². The fraction of sp³-hybridized carbons (Fsp3) is 0.462. The van der Waals surface area contributed by atoms with Crippen LogP contribution in [0.1, 0.15) is 26.3 Å². The lowest BCUT2D eigenvalue weighted by molar-refractivity contribution is -0.153. The first-order chi connectivity index (χ1) is 7.47. The van der Waals surface area contributed by atoms with Gasteiger partial charge in [0.1, 0.15) is 5.60 Å². The van der Waals surface area contributed by atoms with Crippen molar-refractivity contribution in [2.75, 3.05) is 6.54 Å². The third-order valence-electron chi connectivity index (χ3n) is 1.86. The van der Waals surface area contributed by atoms with Gasteiger partial charge in [0.2, 0.25) is 0 Å². The van der Waals surface area contributed by atoms with Gasteiger partial charge in [0, 0.05) is 6.54 Å². The summed E-state index contributed by atoms with van der Waals surface area (Å²) >= 11 is 0. The van der Waals surface area contributed by atoms with E-state index in [1.54, 1.807) is 0 Å². The number of esters is 1. The van der Waals surface area contributed by atoms with Crippen molar-refractivity contribution in [1.29, 1.82) is 0 Å². The van der Waals surface area contributed by atoms with E-state index in [1.807, 2.05) is 51.1 Å². The second kappa shape index (κ2) is 5.66. The molecule has 1 aromatic carbocycles. The van der Waals surface area contributed by atoms with Crippen molar-refractivity contribution in [2.24, 2.45) is 0 Å². The molecule has 16 heavy (non-hydrogen) atoms. The van der Waals surface area contributed by atoms with Crippen LogP contribution in [0.5, 0.6) is 0 Å². The number of benzene rings is 1. The molecule has 0 aliphatic rings. The van der Waals surface area contributed by atoms with Gasteiger partial charge in [-0.05, 0) is 26.3 Å². The topological polar surface area (TPSA) is 38.3 Å². The van der Waals surface area contributed by atoms with Crippen LogP contribution in [0.3, 0.4) is 0 Å². The van der Waals surface area contributed by atoms with Crippen molar-refractivity contribution in [2.45, 2.75) is 32.9 Å². The second-order valence-electron chi connectivity index (χ2n) is 4.68. The molecule has 0 unspecified atom stereocenters. The van der Waals surface area contributed by atoms with E-state index in [0.29, 0.717) is 6.54 Å². The van der Waals surface area contributed by atoms with Crippen LogP contribution in [0.4, 0.5) is 0 Å². The number of carbonyl (C=O) groups is 1. The number of hydrogen-bond donors (Lipinski definition) is 1. The maximum atomic E-state index is 11.4. The van der Waals surface area contributed by atoms with Gasteiger partial charge in [0.15, 0.2) is 0 Å². The maximum Gasteiger partial charge on any atom is 0.320 e. The predicted octanol–water partition coefficient (Wildman–Crippen LogP) is 2.12. The van der Waals surface area contributed by atoms with Crippen LogP contribution in [0.15, 0.2) is 30.3 Å². The Hall–Kier alpha value is -1.35. The third kappa shape index (κ3) is 5.51. The SMILES string of the molecule is CC(C)(C)OC(=O)CNCc1ccccc1. The van der Waals surface area contributed by atoms with Gasteiger partial charge in [-0.1, -0.05) is 30.3 Å². The molecule has 3 heteroatoms. The Morgan fingerprint density at radius 2 is 1.88 bits per heavy atom. The molecular formula is C13H19NO2. The van der Waals surface area contributed by atoms with E-state index in [9.17, 15) is 4.79 Å². The lowest BCUT2D eigenvalue weighted by Crippen LogP contribution is -2.31. The summed E-state index contributed by atoms with van der Waals surface area (Å²) in [5.41, 5.74) is 0.747. The molecule has 1 aromatic rings. The first-order valence-corrected chi connectivity index (χ1v) is 5.44. The van der Waals surface area contributed by atoms with Gasteiger partial charge in [-0.25, -0.2) is 0 Å². The summed E-state index contributed by atoms with van der Waals surface area (Å²) in [5.74, 6) is -0.219. The van der Waals surface area contributed by atoms with E-state index in [-0.39, 0.29) is 12.5 Å². The standard InChI is InChI=1S/C13H19NO2/c1-13(2,3)16-12(15)10-14-9-11-7-5-4-6-8-11/h4-8,14H,9-10H2,1-3H3. The number of ether oxygens (including phenoxy) is 1. The zero-order valence-corrected chi connectivity index (χ0v) is 10.1. The summed E-state index contributed by atoms with van der Waals surface area (Å²) in [6.45, 7) is 6.51. The molecule has 0 amide bonds. The molecule has 0 saturated carbocycles. The highest BCUT2D eigenvalue weighted by Crippen LogP contribution is 2.06. The Labute approximate surface area is 96.8 Å². The number of hydrogen-bond acceptors (Lipinski definition) is 3. The lowest BCUT2D eigenvalue weighted by Gasteiger charge is -2.19. The average Bonchev–Trinajstić information content (AvgIpc) is 2.16. The Morgan fingerprint density at radius 3 is 2.44 bits per heavy atom. The lowest BCUT2D eigenvalue weighted by atomic mass is 10.2. The monoisotopic (exact) mass is 221 g/mol. The average molecular weight is 221 g/mol. The fourth-order valence-electron chi connectivity index (χ4n) is 1.28. The maximum absolute atomic E-state index is 11.4. The highest BCUT2D eigenvalue weighted by Gasteiger charge is 2.15. The highest BCUT2D eigenvalue weighted by atomic mass is 16.6. The zero-order chi connectivity index (χ0) is 12.0. The number of nitrogens with one attached hydrogen (secondary N) is 1. The van der Waals surface area contributed by atoms with Crippen molar-refractivity contribution in [1.82, 2.24) is 5.32 Å². The molecule has 0 radical (unpaired) electrons. The van der Waals surface area contributed by atoms with Crippen molar-refractivity contribution < 1.29 is 9.53 Å². The molecule has 0 fully saturated rings. The van der Waals surface area contributed by atoms with Gasteiger partial charge in [0.05, 0.1) is 6.54 Å². The Kier molecular flexibility index (Phi) is 4.50. The molecule has 0 heterocycles. The molecule has 0 saturated heterocycles. The van der Waals surface area contributed by atoms with Gasteiger partial charge >= 0.3 is 5.97 Å². The van der Waals surface area contributed by atoms with Crippen LogP contribution >= 0.6 is 0 Å².